The number of carbonyl (C=O) groups excluding carboxylic acids is 1. The van der Waals surface area contributed by atoms with E-state index in [-0.39, 0.29) is 15.5 Å². The van der Waals surface area contributed by atoms with Crippen molar-refractivity contribution in [2.75, 3.05) is 4.72 Å². The summed E-state index contributed by atoms with van der Waals surface area (Å²) in [6.45, 7) is 1.41. The van der Waals surface area contributed by atoms with Crippen LogP contribution in [0.2, 0.25) is 0 Å². The highest BCUT2D eigenvalue weighted by atomic mass is 32.2. The zero-order valence-corrected chi connectivity index (χ0v) is 12.3. The van der Waals surface area contributed by atoms with Crippen LogP contribution >= 0.6 is 11.3 Å². The van der Waals surface area contributed by atoms with Gasteiger partial charge in [-0.2, -0.15) is 0 Å². The smallest absolute Gasteiger partial charge is 0.306 e. The summed E-state index contributed by atoms with van der Waals surface area (Å²) in [5.74, 6) is -1.69. The van der Waals surface area contributed by atoms with Crippen LogP contribution in [0.4, 0.5) is 10.1 Å². The van der Waals surface area contributed by atoms with Crippen LogP contribution in [0, 0.1) is 12.7 Å². The Morgan fingerprint density at radius 2 is 2.10 bits per heavy atom. The zero-order chi connectivity index (χ0) is 15.8. The predicted octanol–water partition coefficient (Wildman–Crippen LogP) is 0.784. The number of nitrogens with two attached hydrogens (primary N) is 1. The summed E-state index contributed by atoms with van der Waals surface area (Å²) < 4.78 is 39.6. The largest absolute Gasteiger partial charge is 0.366 e. The third-order valence-corrected chi connectivity index (χ3v) is 5.49. The molecule has 4 N–H and O–H groups in total. The molecule has 0 bridgehead atoms. The van der Waals surface area contributed by atoms with Gasteiger partial charge in [-0.1, -0.05) is 11.3 Å². The average Bonchev–Trinajstić information content (AvgIpc) is 2.71. The molecule has 0 aliphatic carbocycles. The van der Waals surface area contributed by atoms with E-state index >= 15 is 0 Å². The van der Waals surface area contributed by atoms with Crippen LogP contribution in [0.1, 0.15) is 16.1 Å². The van der Waals surface area contributed by atoms with Crippen molar-refractivity contribution in [1.82, 2.24) is 4.98 Å². The van der Waals surface area contributed by atoms with Gasteiger partial charge in [-0.25, -0.2) is 12.8 Å². The molecule has 0 atom stereocenters. The number of halogens is 1. The molecule has 0 fully saturated rings. The fraction of sp³-hybridized carbons (Fsp3) is 0.0909. The molecule has 0 saturated carbocycles. The third-order valence-electron chi connectivity index (χ3n) is 2.52. The Morgan fingerprint density at radius 3 is 2.62 bits per heavy atom. The molecule has 0 aliphatic rings. The van der Waals surface area contributed by atoms with Crippen molar-refractivity contribution >= 4 is 33.0 Å². The second kappa shape index (κ2) is 5.30. The minimum absolute atomic E-state index is 0.0481. The van der Waals surface area contributed by atoms with Crippen molar-refractivity contribution in [2.45, 2.75) is 11.1 Å². The molecule has 1 aromatic carbocycles. The second-order valence-electron chi connectivity index (χ2n) is 4.09. The Hall–Kier alpha value is -2.20. The van der Waals surface area contributed by atoms with E-state index in [0.717, 1.165) is 18.2 Å². The van der Waals surface area contributed by atoms with Crippen LogP contribution in [-0.4, -0.2) is 19.3 Å². The average molecular weight is 331 g/mol. The number of primary amides is 1. The minimum Gasteiger partial charge on any atom is -0.366 e. The van der Waals surface area contributed by atoms with Crippen LogP contribution in [0.5, 0.6) is 0 Å². The Balaban J connectivity index is 2.46. The van der Waals surface area contributed by atoms with Gasteiger partial charge in [0, 0.05) is 11.3 Å². The number of aromatic amines is 1. The molecule has 2 rings (SSSR count). The van der Waals surface area contributed by atoms with E-state index in [4.69, 9.17) is 5.73 Å². The summed E-state index contributed by atoms with van der Waals surface area (Å²) in [7, 11) is -4.14. The van der Waals surface area contributed by atoms with E-state index in [9.17, 15) is 22.4 Å². The van der Waals surface area contributed by atoms with E-state index in [2.05, 4.69) is 4.98 Å². The molecule has 1 amide bonds. The first-order valence-corrected chi connectivity index (χ1v) is 7.82. The van der Waals surface area contributed by atoms with Crippen LogP contribution < -0.4 is 15.3 Å². The number of amides is 1. The molecule has 10 heteroatoms. The van der Waals surface area contributed by atoms with Gasteiger partial charge in [-0.05, 0) is 25.1 Å². The topological polar surface area (TPSA) is 122 Å². The number of aromatic nitrogens is 1. The van der Waals surface area contributed by atoms with Gasteiger partial charge in [-0.3, -0.25) is 14.3 Å². The summed E-state index contributed by atoms with van der Waals surface area (Å²) in [5, 5.41) is 0. The normalized spacial score (nSPS) is 11.3. The van der Waals surface area contributed by atoms with Crippen molar-refractivity contribution in [3.63, 3.8) is 0 Å². The lowest BCUT2D eigenvalue weighted by Gasteiger charge is -2.08. The van der Waals surface area contributed by atoms with E-state index in [1.54, 1.807) is 0 Å². The fourth-order valence-electron chi connectivity index (χ4n) is 1.59. The van der Waals surface area contributed by atoms with Crippen LogP contribution in [0.25, 0.3) is 0 Å². The highest BCUT2D eigenvalue weighted by Crippen LogP contribution is 2.23. The Bertz CT molecular complexity index is 870. The number of sulfonamides is 1. The van der Waals surface area contributed by atoms with Crippen molar-refractivity contribution in [3.05, 3.63) is 44.9 Å². The number of benzene rings is 1. The number of hydrogen-bond acceptors (Lipinski definition) is 5. The maximum absolute atomic E-state index is 13.6. The summed E-state index contributed by atoms with van der Waals surface area (Å²) in [5.41, 5.74) is 4.72. The lowest BCUT2D eigenvalue weighted by Crippen LogP contribution is -2.16. The van der Waals surface area contributed by atoms with Gasteiger partial charge in [0.2, 0.25) is 5.91 Å². The Morgan fingerprint density at radius 1 is 1.43 bits per heavy atom. The van der Waals surface area contributed by atoms with Gasteiger partial charge in [0.15, 0.2) is 4.21 Å². The summed E-state index contributed by atoms with van der Waals surface area (Å²) >= 11 is 0.481. The predicted molar refractivity (Wildman–Crippen MR) is 75.4 cm³/mol. The monoisotopic (exact) mass is 331 g/mol. The third kappa shape index (κ3) is 3.11. The van der Waals surface area contributed by atoms with Crippen molar-refractivity contribution < 1.29 is 17.6 Å². The van der Waals surface area contributed by atoms with Crippen LogP contribution in [0.15, 0.2) is 27.2 Å². The summed E-state index contributed by atoms with van der Waals surface area (Å²) in [6.07, 6.45) is 0. The molecular weight excluding hydrogens is 321 g/mol. The highest BCUT2D eigenvalue weighted by Gasteiger charge is 2.22. The lowest BCUT2D eigenvalue weighted by atomic mass is 10.2. The first-order valence-electron chi connectivity index (χ1n) is 5.52. The zero-order valence-electron chi connectivity index (χ0n) is 10.6. The molecule has 0 radical (unpaired) electrons. The first kappa shape index (κ1) is 15.2. The van der Waals surface area contributed by atoms with Gasteiger partial charge >= 0.3 is 4.87 Å². The van der Waals surface area contributed by atoms with E-state index < -0.39 is 32.3 Å². The van der Waals surface area contributed by atoms with Gasteiger partial charge < -0.3 is 10.7 Å². The number of anilines is 1. The van der Waals surface area contributed by atoms with Crippen molar-refractivity contribution in [1.29, 1.82) is 0 Å². The number of thiazole rings is 1. The Kier molecular flexibility index (Phi) is 3.83. The molecule has 7 nitrogen and oxygen atoms in total. The Labute approximate surface area is 122 Å². The first-order chi connectivity index (χ1) is 9.70. The summed E-state index contributed by atoms with van der Waals surface area (Å²) in [4.78, 5) is 24.0. The van der Waals surface area contributed by atoms with Crippen molar-refractivity contribution in [2.24, 2.45) is 5.73 Å². The number of rotatable bonds is 4. The molecule has 0 spiro atoms. The molecule has 2 aromatic rings. The van der Waals surface area contributed by atoms with E-state index in [0.29, 0.717) is 11.3 Å². The SMILES string of the molecule is Cc1[nH]c(=O)sc1S(=O)(=O)Nc1cc(C(N)=O)ccc1F. The van der Waals surface area contributed by atoms with Crippen molar-refractivity contribution in [3.8, 4) is 0 Å². The second-order valence-corrected chi connectivity index (χ2v) is 6.95. The quantitative estimate of drug-likeness (QED) is 0.766. The molecule has 1 heterocycles. The molecule has 1 aromatic heterocycles. The molecule has 112 valence electrons. The number of H-pyrrole nitrogens is 1. The fourth-order valence-corrected chi connectivity index (χ4v) is 3.95. The molecule has 0 aliphatic heterocycles. The van der Waals surface area contributed by atoms with Crippen LogP contribution in [-0.2, 0) is 10.0 Å². The number of hydrogen-bond donors (Lipinski definition) is 3. The molecule has 0 unspecified atom stereocenters. The maximum Gasteiger partial charge on any atom is 0.306 e. The summed E-state index contributed by atoms with van der Waals surface area (Å²) in [6, 6.07) is 3.04. The highest BCUT2D eigenvalue weighted by molar-refractivity contribution is 7.94. The number of aryl methyl sites for hydroxylation is 1. The van der Waals surface area contributed by atoms with Gasteiger partial charge in [0.05, 0.1) is 5.69 Å². The standard InChI is InChI=1S/C11H10FN3O4S2/c1-5-10(20-11(17)14-5)21(18,19)15-8-4-6(9(13)16)2-3-7(8)12/h2-4,15H,1H3,(H2,13,16)(H,14,17). The van der Waals surface area contributed by atoms with Crippen LogP contribution in [0.3, 0.4) is 0 Å². The molecule has 0 saturated heterocycles. The molecular formula is C11H10FN3O4S2. The van der Waals surface area contributed by atoms with Gasteiger partial charge in [0.1, 0.15) is 5.82 Å². The van der Waals surface area contributed by atoms with Gasteiger partial charge in [0.25, 0.3) is 10.0 Å². The molecule has 21 heavy (non-hydrogen) atoms. The number of nitrogens with one attached hydrogen (secondary N) is 2. The number of carbonyl (C=O) groups is 1. The lowest BCUT2D eigenvalue weighted by molar-refractivity contribution is 0.100. The van der Waals surface area contributed by atoms with Gasteiger partial charge in [-0.15, -0.1) is 0 Å². The van der Waals surface area contributed by atoms with E-state index in [1.807, 2.05) is 4.72 Å². The maximum atomic E-state index is 13.6. The minimum atomic E-state index is -4.14. The van der Waals surface area contributed by atoms with E-state index in [1.165, 1.54) is 6.92 Å².